The molecule has 1 aromatic rings. The highest BCUT2D eigenvalue weighted by Crippen LogP contribution is 2.12. The minimum absolute atomic E-state index is 0.0454. The third kappa shape index (κ3) is 2.75. The van der Waals surface area contributed by atoms with Crippen LogP contribution in [-0.4, -0.2) is 13.2 Å². The number of halogens is 2. The monoisotopic (exact) mass is 187 g/mol. The van der Waals surface area contributed by atoms with Crippen LogP contribution in [0.5, 0.6) is 0 Å². The van der Waals surface area contributed by atoms with E-state index in [0.29, 0.717) is 13.2 Å². The predicted molar refractivity (Wildman–Crippen MR) is 45.1 cm³/mol. The van der Waals surface area contributed by atoms with Crippen LogP contribution in [0.1, 0.15) is 5.56 Å². The van der Waals surface area contributed by atoms with Crippen LogP contribution in [0.2, 0.25) is 0 Å². The summed E-state index contributed by atoms with van der Waals surface area (Å²) in [6.07, 6.45) is 0. The topological polar surface area (TPSA) is 35.2 Å². The summed E-state index contributed by atoms with van der Waals surface area (Å²) in [5.41, 5.74) is 5.11. The van der Waals surface area contributed by atoms with Crippen LogP contribution in [0.4, 0.5) is 8.78 Å². The van der Waals surface area contributed by atoms with Gasteiger partial charge in [-0.25, -0.2) is 8.78 Å². The molecule has 72 valence electrons. The van der Waals surface area contributed by atoms with Crippen molar-refractivity contribution in [1.82, 2.24) is 0 Å². The van der Waals surface area contributed by atoms with Gasteiger partial charge in [-0.1, -0.05) is 6.07 Å². The van der Waals surface area contributed by atoms with E-state index in [0.717, 1.165) is 0 Å². The van der Waals surface area contributed by atoms with Crippen LogP contribution in [0, 0.1) is 11.6 Å². The molecule has 0 spiro atoms. The van der Waals surface area contributed by atoms with Gasteiger partial charge in [0.25, 0.3) is 0 Å². The third-order valence-electron chi connectivity index (χ3n) is 1.57. The average molecular weight is 187 g/mol. The van der Waals surface area contributed by atoms with Crippen molar-refractivity contribution in [2.24, 2.45) is 5.73 Å². The lowest BCUT2D eigenvalue weighted by Crippen LogP contribution is -2.09. The highest BCUT2D eigenvalue weighted by atomic mass is 19.1. The van der Waals surface area contributed by atoms with E-state index in [1.807, 2.05) is 0 Å². The molecule has 13 heavy (non-hydrogen) atoms. The summed E-state index contributed by atoms with van der Waals surface area (Å²) in [5, 5.41) is 0. The summed E-state index contributed by atoms with van der Waals surface area (Å²) in [4.78, 5) is 0. The van der Waals surface area contributed by atoms with E-state index >= 15 is 0 Å². The fourth-order valence-electron chi connectivity index (χ4n) is 0.928. The van der Waals surface area contributed by atoms with Crippen molar-refractivity contribution in [2.75, 3.05) is 13.2 Å². The molecule has 0 aromatic heterocycles. The summed E-state index contributed by atoms with van der Waals surface area (Å²) in [6, 6.07) is 3.71. The molecule has 0 aliphatic heterocycles. The van der Waals surface area contributed by atoms with E-state index in [1.165, 1.54) is 18.2 Å². The molecule has 4 heteroatoms. The smallest absolute Gasteiger partial charge is 0.131 e. The first-order valence-corrected chi connectivity index (χ1v) is 3.96. The quantitative estimate of drug-likeness (QED) is 0.724. The Balaban J connectivity index is 2.64. The van der Waals surface area contributed by atoms with Crippen molar-refractivity contribution in [2.45, 2.75) is 6.61 Å². The van der Waals surface area contributed by atoms with Gasteiger partial charge < -0.3 is 10.5 Å². The molecule has 1 aromatic carbocycles. The molecule has 0 fully saturated rings. The summed E-state index contributed by atoms with van der Waals surface area (Å²) < 4.78 is 30.8. The van der Waals surface area contributed by atoms with Crippen molar-refractivity contribution in [3.63, 3.8) is 0 Å². The first-order valence-electron chi connectivity index (χ1n) is 3.96. The van der Waals surface area contributed by atoms with Crippen molar-refractivity contribution in [3.05, 3.63) is 35.4 Å². The number of hydrogen-bond donors (Lipinski definition) is 1. The van der Waals surface area contributed by atoms with Gasteiger partial charge in [0.05, 0.1) is 13.2 Å². The van der Waals surface area contributed by atoms with Crippen molar-refractivity contribution < 1.29 is 13.5 Å². The van der Waals surface area contributed by atoms with Crippen molar-refractivity contribution in [3.8, 4) is 0 Å². The van der Waals surface area contributed by atoms with Gasteiger partial charge in [-0.3, -0.25) is 0 Å². The largest absolute Gasteiger partial charge is 0.375 e. The van der Waals surface area contributed by atoms with Gasteiger partial charge in [0.2, 0.25) is 0 Å². The van der Waals surface area contributed by atoms with E-state index in [1.54, 1.807) is 0 Å². The lowest BCUT2D eigenvalue weighted by molar-refractivity contribution is 0.123. The molecule has 2 nitrogen and oxygen atoms in total. The van der Waals surface area contributed by atoms with Gasteiger partial charge in [-0.15, -0.1) is 0 Å². The van der Waals surface area contributed by atoms with Crippen LogP contribution < -0.4 is 5.73 Å². The van der Waals surface area contributed by atoms with Crippen LogP contribution in [-0.2, 0) is 11.3 Å². The number of hydrogen-bond acceptors (Lipinski definition) is 2. The van der Waals surface area contributed by atoms with E-state index in [-0.39, 0.29) is 12.2 Å². The van der Waals surface area contributed by atoms with Gasteiger partial charge >= 0.3 is 0 Å². The summed E-state index contributed by atoms with van der Waals surface area (Å²) in [6.45, 7) is 0.569. The van der Waals surface area contributed by atoms with E-state index in [2.05, 4.69) is 0 Å². The number of rotatable bonds is 4. The molecule has 0 saturated heterocycles. The Kier molecular flexibility index (Phi) is 3.79. The minimum Gasteiger partial charge on any atom is -0.375 e. The molecular formula is C9H11F2NO. The van der Waals surface area contributed by atoms with E-state index in [9.17, 15) is 8.78 Å². The van der Waals surface area contributed by atoms with Gasteiger partial charge in [0.15, 0.2) is 0 Å². The first kappa shape index (κ1) is 10.1. The Hall–Kier alpha value is -1.00. The molecule has 0 unspecified atom stereocenters. The van der Waals surface area contributed by atoms with Gasteiger partial charge in [0, 0.05) is 12.1 Å². The Labute approximate surface area is 75.3 Å². The summed E-state index contributed by atoms with van der Waals surface area (Å²) in [5.74, 6) is -1.17. The zero-order chi connectivity index (χ0) is 9.68. The number of ether oxygens (including phenoxy) is 1. The summed E-state index contributed by atoms with van der Waals surface area (Å²) in [7, 11) is 0. The van der Waals surface area contributed by atoms with Crippen LogP contribution in [0.25, 0.3) is 0 Å². The lowest BCUT2D eigenvalue weighted by Gasteiger charge is -2.04. The molecule has 0 bridgehead atoms. The molecule has 0 aliphatic rings. The zero-order valence-electron chi connectivity index (χ0n) is 7.09. The fraction of sp³-hybridized carbons (Fsp3) is 0.333. The van der Waals surface area contributed by atoms with E-state index < -0.39 is 11.6 Å². The Morgan fingerprint density at radius 1 is 1.23 bits per heavy atom. The third-order valence-corrected chi connectivity index (χ3v) is 1.57. The lowest BCUT2D eigenvalue weighted by atomic mass is 10.2. The van der Waals surface area contributed by atoms with Gasteiger partial charge in [-0.2, -0.15) is 0 Å². The molecule has 0 atom stereocenters. The van der Waals surface area contributed by atoms with Crippen LogP contribution >= 0.6 is 0 Å². The standard InChI is InChI=1S/C9H11F2NO/c10-8-2-1-3-9(11)7(8)6-13-5-4-12/h1-3H,4-6,12H2. The Morgan fingerprint density at radius 2 is 1.85 bits per heavy atom. The van der Waals surface area contributed by atoms with Crippen LogP contribution in [0.3, 0.4) is 0 Å². The molecule has 0 radical (unpaired) electrons. The number of nitrogens with two attached hydrogens (primary N) is 1. The second-order valence-electron chi connectivity index (χ2n) is 2.54. The predicted octanol–water partition coefficient (Wildman–Crippen LogP) is 1.44. The normalized spacial score (nSPS) is 10.4. The van der Waals surface area contributed by atoms with Gasteiger partial charge in [-0.05, 0) is 12.1 Å². The van der Waals surface area contributed by atoms with Crippen molar-refractivity contribution in [1.29, 1.82) is 0 Å². The van der Waals surface area contributed by atoms with Crippen molar-refractivity contribution >= 4 is 0 Å². The first-order chi connectivity index (χ1) is 6.25. The van der Waals surface area contributed by atoms with Gasteiger partial charge in [0.1, 0.15) is 11.6 Å². The molecule has 0 amide bonds. The molecule has 0 heterocycles. The highest BCUT2D eigenvalue weighted by molar-refractivity contribution is 5.18. The molecule has 0 aliphatic carbocycles. The zero-order valence-corrected chi connectivity index (χ0v) is 7.09. The maximum absolute atomic E-state index is 12.9. The molecular weight excluding hydrogens is 176 g/mol. The number of benzene rings is 1. The summed E-state index contributed by atoms with van der Waals surface area (Å²) >= 11 is 0. The highest BCUT2D eigenvalue weighted by Gasteiger charge is 2.07. The maximum atomic E-state index is 12.9. The average Bonchev–Trinajstić information content (AvgIpc) is 2.10. The molecule has 0 saturated carbocycles. The van der Waals surface area contributed by atoms with E-state index in [4.69, 9.17) is 10.5 Å². The Bertz CT molecular complexity index is 258. The minimum atomic E-state index is -0.586. The maximum Gasteiger partial charge on any atom is 0.131 e. The molecule has 1 rings (SSSR count). The SMILES string of the molecule is NCCOCc1c(F)cccc1F. The second-order valence-corrected chi connectivity index (χ2v) is 2.54. The fourth-order valence-corrected chi connectivity index (χ4v) is 0.928. The second kappa shape index (κ2) is 4.89. The Morgan fingerprint density at radius 3 is 2.38 bits per heavy atom. The van der Waals surface area contributed by atoms with Crippen LogP contribution in [0.15, 0.2) is 18.2 Å². The molecule has 2 N–H and O–H groups in total.